The summed E-state index contributed by atoms with van der Waals surface area (Å²) in [6.07, 6.45) is 1.99. The molecule has 1 amide bonds. The van der Waals surface area contributed by atoms with Crippen LogP contribution in [0.4, 0.5) is 4.39 Å². The van der Waals surface area contributed by atoms with Gasteiger partial charge in [0.25, 0.3) is 5.91 Å². The summed E-state index contributed by atoms with van der Waals surface area (Å²) in [7, 11) is 0. The zero-order chi connectivity index (χ0) is 18.5. The van der Waals surface area contributed by atoms with Gasteiger partial charge < -0.3 is 5.32 Å². The third kappa shape index (κ3) is 3.07. The van der Waals surface area contributed by atoms with Crippen LogP contribution in [0.15, 0.2) is 36.4 Å². The number of halogens is 1. The monoisotopic (exact) mass is 352 g/mol. The van der Waals surface area contributed by atoms with Crippen molar-refractivity contribution >= 4 is 11.6 Å². The lowest BCUT2D eigenvalue weighted by atomic mass is 9.93. The fourth-order valence-corrected chi connectivity index (χ4v) is 2.81. The number of nitrogens with zero attached hydrogens (tertiary/aromatic N) is 3. The van der Waals surface area contributed by atoms with E-state index in [1.54, 1.807) is 28.8 Å². The Bertz CT molecular complexity index is 999. The average molecular weight is 352 g/mol. The molecule has 1 fully saturated rings. The molecule has 0 radical (unpaired) electrons. The van der Waals surface area contributed by atoms with E-state index in [9.17, 15) is 9.18 Å². The molecule has 2 heterocycles. The Morgan fingerprint density at radius 3 is 2.62 bits per heavy atom. The number of hydrogen-bond donors (Lipinski definition) is 1. The van der Waals surface area contributed by atoms with Crippen molar-refractivity contribution in [3.63, 3.8) is 0 Å². The summed E-state index contributed by atoms with van der Waals surface area (Å²) in [6, 6.07) is 10.2. The number of fused-ring (bicyclic) bond motifs is 1. The lowest BCUT2D eigenvalue weighted by molar-refractivity contribution is 0.0946. The minimum atomic E-state index is -0.360. The van der Waals surface area contributed by atoms with Crippen molar-refractivity contribution < 1.29 is 9.18 Å². The van der Waals surface area contributed by atoms with Crippen molar-refractivity contribution in [3.8, 4) is 11.3 Å². The maximum atomic E-state index is 14.4. The molecule has 1 N–H and O–H groups in total. The lowest BCUT2D eigenvalue weighted by Crippen LogP contribution is -2.26. The second kappa shape index (κ2) is 5.90. The van der Waals surface area contributed by atoms with Crippen LogP contribution in [0.3, 0.4) is 0 Å². The Morgan fingerprint density at radius 1 is 1.23 bits per heavy atom. The predicted octanol–water partition coefficient (Wildman–Crippen LogP) is 3.73. The molecule has 2 aromatic heterocycles. The smallest absolute Gasteiger partial charge is 0.270 e. The Balaban J connectivity index is 1.92. The van der Waals surface area contributed by atoms with Gasteiger partial charge in [0.2, 0.25) is 0 Å². The second-order valence-corrected chi connectivity index (χ2v) is 7.80. The maximum absolute atomic E-state index is 14.4. The van der Waals surface area contributed by atoms with Crippen LogP contribution in [0.2, 0.25) is 0 Å². The highest BCUT2D eigenvalue weighted by atomic mass is 19.1. The number of carbonyl (C=O) groups is 1. The van der Waals surface area contributed by atoms with Gasteiger partial charge in [-0.1, -0.05) is 32.9 Å². The van der Waals surface area contributed by atoms with Crippen LogP contribution in [0.1, 0.15) is 49.8 Å². The molecule has 6 heteroatoms. The summed E-state index contributed by atoms with van der Waals surface area (Å²) in [5, 5.41) is 7.57. The number of carbonyl (C=O) groups excluding carboxylic acids is 1. The summed E-state index contributed by atoms with van der Waals surface area (Å²) >= 11 is 0. The molecule has 0 atom stereocenters. The molecule has 1 saturated carbocycles. The number of rotatable bonds is 3. The molecule has 4 rings (SSSR count). The molecule has 26 heavy (non-hydrogen) atoms. The Labute approximate surface area is 151 Å². The summed E-state index contributed by atoms with van der Waals surface area (Å²) in [4.78, 5) is 17.0. The van der Waals surface area contributed by atoms with E-state index in [4.69, 9.17) is 0 Å². The first kappa shape index (κ1) is 16.7. The van der Waals surface area contributed by atoms with Crippen LogP contribution in [0, 0.1) is 5.82 Å². The highest BCUT2D eigenvalue weighted by molar-refractivity contribution is 5.94. The maximum Gasteiger partial charge on any atom is 0.270 e. The molecule has 1 aromatic carbocycles. The molecule has 134 valence electrons. The molecule has 0 unspecified atom stereocenters. The summed E-state index contributed by atoms with van der Waals surface area (Å²) in [5.74, 6) is -0.590. The van der Waals surface area contributed by atoms with Crippen molar-refractivity contribution in [3.05, 3.63) is 53.6 Å². The fourth-order valence-electron chi connectivity index (χ4n) is 2.81. The van der Waals surface area contributed by atoms with E-state index in [1.165, 1.54) is 6.07 Å². The van der Waals surface area contributed by atoms with Gasteiger partial charge >= 0.3 is 0 Å². The van der Waals surface area contributed by atoms with Crippen LogP contribution in [0.5, 0.6) is 0 Å². The van der Waals surface area contributed by atoms with Crippen molar-refractivity contribution in [1.29, 1.82) is 0 Å². The molecule has 0 bridgehead atoms. The Hall–Kier alpha value is -2.76. The van der Waals surface area contributed by atoms with Crippen LogP contribution >= 0.6 is 0 Å². The van der Waals surface area contributed by atoms with Gasteiger partial charge in [-0.25, -0.2) is 13.9 Å². The van der Waals surface area contributed by atoms with E-state index in [1.807, 2.05) is 6.07 Å². The molecule has 0 aliphatic heterocycles. The zero-order valence-corrected chi connectivity index (χ0v) is 15.1. The Morgan fingerprint density at radius 2 is 1.96 bits per heavy atom. The van der Waals surface area contributed by atoms with Gasteiger partial charge in [-0.05, 0) is 31.0 Å². The SMILES string of the molecule is CC(C)(C)c1cc2nc(C(=O)NC3CC3)cc(-c3ccccc3F)n2n1. The van der Waals surface area contributed by atoms with Gasteiger partial charge in [0.15, 0.2) is 5.65 Å². The van der Waals surface area contributed by atoms with E-state index in [-0.39, 0.29) is 28.9 Å². The minimum absolute atomic E-state index is 0.184. The van der Waals surface area contributed by atoms with Gasteiger partial charge in [-0.2, -0.15) is 5.10 Å². The quantitative estimate of drug-likeness (QED) is 0.781. The topological polar surface area (TPSA) is 59.3 Å². The fraction of sp³-hybridized carbons (Fsp3) is 0.350. The third-order valence-electron chi connectivity index (χ3n) is 4.49. The van der Waals surface area contributed by atoms with Gasteiger partial charge in [0.1, 0.15) is 11.5 Å². The number of amides is 1. The van der Waals surface area contributed by atoms with E-state index in [0.717, 1.165) is 18.5 Å². The summed E-state index contributed by atoms with van der Waals surface area (Å²) < 4.78 is 16.1. The van der Waals surface area contributed by atoms with E-state index in [2.05, 4.69) is 36.2 Å². The van der Waals surface area contributed by atoms with Gasteiger partial charge in [-0.3, -0.25) is 4.79 Å². The molecular formula is C20H21FN4O. The third-order valence-corrected chi connectivity index (χ3v) is 4.49. The van der Waals surface area contributed by atoms with Gasteiger partial charge in [0.05, 0.1) is 11.4 Å². The lowest BCUT2D eigenvalue weighted by Gasteiger charge is -2.13. The van der Waals surface area contributed by atoms with Gasteiger partial charge in [0, 0.05) is 23.1 Å². The van der Waals surface area contributed by atoms with Crippen LogP contribution in [0.25, 0.3) is 16.9 Å². The first-order chi connectivity index (χ1) is 12.3. The Kier molecular flexibility index (Phi) is 3.79. The van der Waals surface area contributed by atoms with Crippen molar-refractivity contribution in [2.45, 2.75) is 45.1 Å². The van der Waals surface area contributed by atoms with Crippen LogP contribution < -0.4 is 5.32 Å². The van der Waals surface area contributed by atoms with Crippen LogP contribution in [-0.4, -0.2) is 26.5 Å². The first-order valence-electron chi connectivity index (χ1n) is 8.80. The van der Waals surface area contributed by atoms with Crippen LogP contribution in [-0.2, 0) is 5.41 Å². The first-order valence-corrected chi connectivity index (χ1v) is 8.80. The summed E-state index contributed by atoms with van der Waals surface area (Å²) in [6.45, 7) is 6.16. The highest BCUT2D eigenvalue weighted by Crippen LogP contribution is 2.28. The highest BCUT2D eigenvalue weighted by Gasteiger charge is 2.26. The van der Waals surface area contributed by atoms with Crippen molar-refractivity contribution in [1.82, 2.24) is 19.9 Å². The molecule has 5 nitrogen and oxygen atoms in total. The standard InChI is InChI=1S/C20H21FN4O/c1-20(2,3)17-11-18-23-15(19(26)22-12-8-9-12)10-16(25(18)24-17)13-6-4-5-7-14(13)21/h4-7,10-12H,8-9H2,1-3H3,(H,22,26). The van der Waals surface area contributed by atoms with E-state index >= 15 is 0 Å². The normalized spacial score (nSPS) is 14.6. The van der Waals surface area contributed by atoms with Crippen molar-refractivity contribution in [2.75, 3.05) is 0 Å². The molecule has 0 saturated heterocycles. The number of benzene rings is 1. The molecule has 0 spiro atoms. The summed E-state index contributed by atoms with van der Waals surface area (Å²) in [5.41, 5.74) is 2.38. The number of aromatic nitrogens is 3. The number of hydrogen-bond acceptors (Lipinski definition) is 3. The molecular weight excluding hydrogens is 331 g/mol. The van der Waals surface area contributed by atoms with E-state index in [0.29, 0.717) is 16.9 Å². The van der Waals surface area contributed by atoms with E-state index < -0.39 is 0 Å². The molecule has 1 aliphatic rings. The second-order valence-electron chi connectivity index (χ2n) is 7.80. The predicted molar refractivity (Wildman–Crippen MR) is 97.6 cm³/mol. The minimum Gasteiger partial charge on any atom is -0.348 e. The molecule has 3 aromatic rings. The number of nitrogens with one attached hydrogen (secondary N) is 1. The average Bonchev–Trinajstić information content (AvgIpc) is 3.27. The van der Waals surface area contributed by atoms with Crippen molar-refractivity contribution in [2.24, 2.45) is 0 Å². The largest absolute Gasteiger partial charge is 0.348 e. The molecule has 1 aliphatic carbocycles. The van der Waals surface area contributed by atoms with Gasteiger partial charge in [-0.15, -0.1) is 0 Å². The zero-order valence-electron chi connectivity index (χ0n) is 15.1.